The number of carboxylic acid groups (broad SMARTS) is 1. The fourth-order valence-corrected chi connectivity index (χ4v) is 4.13. The molecule has 0 saturated heterocycles. The molecule has 26 heavy (non-hydrogen) atoms. The summed E-state index contributed by atoms with van der Waals surface area (Å²) in [6.45, 7) is 6.69. The molecule has 0 saturated carbocycles. The highest BCUT2D eigenvalue weighted by Crippen LogP contribution is 2.36. The fraction of sp³-hybridized carbons (Fsp3) is 0.316. The van der Waals surface area contributed by atoms with Crippen molar-refractivity contribution in [3.63, 3.8) is 0 Å². The van der Waals surface area contributed by atoms with Crippen molar-refractivity contribution in [1.29, 1.82) is 0 Å². The van der Waals surface area contributed by atoms with Crippen LogP contribution in [0.15, 0.2) is 29.1 Å². The lowest BCUT2D eigenvalue weighted by Gasteiger charge is -2.25. The lowest BCUT2D eigenvalue weighted by Crippen LogP contribution is -2.44. The number of aliphatic carboxylic acids is 1. The van der Waals surface area contributed by atoms with Crippen LogP contribution in [0.4, 0.5) is 4.39 Å². The Hall–Kier alpha value is -2.54. The second-order valence-corrected chi connectivity index (χ2v) is 7.81. The van der Waals surface area contributed by atoms with Crippen molar-refractivity contribution in [1.82, 2.24) is 9.55 Å². The van der Waals surface area contributed by atoms with Gasteiger partial charge >= 0.3 is 5.97 Å². The average Bonchev–Trinajstić information content (AvgIpc) is 2.91. The number of aryl methyl sites for hydroxylation is 2. The first kappa shape index (κ1) is 18.3. The predicted molar refractivity (Wildman–Crippen MR) is 100 cm³/mol. The number of hydrogen-bond acceptors (Lipinski definition) is 4. The third kappa shape index (κ3) is 2.72. The topological polar surface area (TPSA) is 72.2 Å². The van der Waals surface area contributed by atoms with E-state index in [0.717, 1.165) is 4.88 Å². The van der Waals surface area contributed by atoms with Crippen LogP contribution in [-0.4, -0.2) is 20.6 Å². The van der Waals surface area contributed by atoms with Gasteiger partial charge in [-0.05, 0) is 38.5 Å². The van der Waals surface area contributed by atoms with E-state index in [1.165, 1.54) is 41.9 Å². The van der Waals surface area contributed by atoms with Gasteiger partial charge in [0.1, 0.15) is 22.0 Å². The van der Waals surface area contributed by atoms with E-state index in [-0.39, 0.29) is 11.4 Å². The zero-order valence-corrected chi connectivity index (χ0v) is 15.8. The number of rotatable bonds is 4. The predicted octanol–water partition coefficient (Wildman–Crippen LogP) is 3.95. The van der Waals surface area contributed by atoms with E-state index in [0.29, 0.717) is 33.6 Å². The van der Waals surface area contributed by atoms with Gasteiger partial charge in [-0.25, -0.2) is 14.2 Å². The number of fused-ring (bicyclic) bond motifs is 1. The molecule has 3 rings (SSSR count). The van der Waals surface area contributed by atoms with Gasteiger partial charge in [0, 0.05) is 16.9 Å². The minimum Gasteiger partial charge on any atom is -0.480 e. The van der Waals surface area contributed by atoms with Gasteiger partial charge < -0.3 is 5.11 Å². The average molecular weight is 374 g/mol. The number of carbonyl (C=O) groups is 1. The molecule has 3 aromatic rings. The molecule has 136 valence electrons. The van der Waals surface area contributed by atoms with E-state index in [9.17, 15) is 19.1 Å². The Kier molecular flexibility index (Phi) is 4.44. The number of nitrogens with zero attached hydrogens (tertiary/aromatic N) is 2. The van der Waals surface area contributed by atoms with Crippen molar-refractivity contribution in [3.8, 4) is 11.1 Å². The molecule has 0 spiro atoms. The molecule has 0 unspecified atom stereocenters. The highest BCUT2D eigenvalue weighted by Gasteiger charge is 2.34. The molecule has 2 heterocycles. The molecule has 0 bridgehead atoms. The van der Waals surface area contributed by atoms with Crippen molar-refractivity contribution < 1.29 is 14.3 Å². The van der Waals surface area contributed by atoms with Crippen LogP contribution in [0.1, 0.15) is 31.5 Å². The molecule has 2 aromatic heterocycles. The van der Waals surface area contributed by atoms with E-state index in [1.807, 2.05) is 13.8 Å². The second kappa shape index (κ2) is 6.32. The lowest BCUT2D eigenvalue weighted by atomic mass is 10.0. The Bertz CT molecular complexity index is 1070. The number of halogens is 1. The molecule has 0 aliphatic heterocycles. The molecule has 7 heteroatoms. The van der Waals surface area contributed by atoms with Gasteiger partial charge in [-0.15, -0.1) is 11.3 Å². The van der Waals surface area contributed by atoms with Crippen LogP contribution >= 0.6 is 11.3 Å². The molecular formula is C19H19FN2O3S. The summed E-state index contributed by atoms with van der Waals surface area (Å²) in [4.78, 5) is 31.1. The van der Waals surface area contributed by atoms with Crippen LogP contribution in [-0.2, 0) is 16.8 Å². The number of aromatic nitrogens is 2. The molecule has 0 aliphatic carbocycles. The monoisotopic (exact) mass is 374 g/mol. The summed E-state index contributed by atoms with van der Waals surface area (Å²) in [6.07, 6.45) is 0.435. The van der Waals surface area contributed by atoms with E-state index < -0.39 is 11.5 Å². The smallest absolute Gasteiger partial charge is 0.329 e. The Balaban J connectivity index is 2.44. The van der Waals surface area contributed by atoms with Gasteiger partial charge in [-0.3, -0.25) is 9.36 Å². The van der Waals surface area contributed by atoms with Crippen LogP contribution in [0.3, 0.4) is 0 Å². The van der Waals surface area contributed by atoms with Gasteiger partial charge in [-0.2, -0.15) is 0 Å². The van der Waals surface area contributed by atoms with Crippen molar-refractivity contribution in [2.24, 2.45) is 0 Å². The van der Waals surface area contributed by atoms with E-state index >= 15 is 0 Å². The molecule has 0 aliphatic rings. The maximum atomic E-state index is 13.3. The SMILES string of the molecule is CCc1nc2sc(C)c(-c3ccc(F)cc3)c2c(=O)n1C(C)(C)C(=O)O. The molecule has 0 amide bonds. The Labute approximate surface area is 153 Å². The molecule has 0 atom stereocenters. The summed E-state index contributed by atoms with van der Waals surface area (Å²) in [5.74, 6) is -1.03. The van der Waals surface area contributed by atoms with E-state index in [1.54, 1.807) is 12.1 Å². The summed E-state index contributed by atoms with van der Waals surface area (Å²) >= 11 is 1.38. The summed E-state index contributed by atoms with van der Waals surface area (Å²) < 4.78 is 14.5. The largest absolute Gasteiger partial charge is 0.480 e. The van der Waals surface area contributed by atoms with Crippen LogP contribution < -0.4 is 5.56 Å². The van der Waals surface area contributed by atoms with Gasteiger partial charge in [-0.1, -0.05) is 19.1 Å². The van der Waals surface area contributed by atoms with Crippen molar-refractivity contribution >= 4 is 27.5 Å². The summed E-state index contributed by atoms with van der Waals surface area (Å²) in [5, 5.41) is 9.99. The summed E-state index contributed by atoms with van der Waals surface area (Å²) in [6, 6.07) is 5.91. The second-order valence-electron chi connectivity index (χ2n) is 6.61. The van der Waals surface area contributed by atoms with Gasteiger partial charge in [0.2, 0.25) is 0 Å². The minimum atomic E-state index is -1.43. The third-order valence-electron chi connectivity index (χ3n) is 4.50. The Morgan fingerprint density at radius 2 is 1.92 bits per heavy atom. The molecule has 1 aromatic carbocycles. The van der Waals surface area contributed by atoms with Crippen LogP contribution in [0.2, 0.25) is 0 Å². The quantitative estimate of drug-likeness (QED) is 0.750. The van der Waals surface area contributed by atoms with Crippen molar-refractivity contribution in [3.05, 3.63) is 51.1 Å². The summed E-state index contributed by atoms with van der Waals surface area (Å²) in [7, 11) is 0. The molecule has 5 nitrogen and oxygen atoms in total. The number of benzene rings is 1. The Morgan fingerprint density at radius 3 is 2.46 bits per heavy atom. The first-order chi connectivity index (χ1) is 12.2. The third-order valence-corrected chi connectivity index (χ3v) is 5.50. The highest BCUT2D eigenvalue weighted by molar-refractivity contribution is 7.19. The molecule has 0 fully saturated rings. The Morgan fingerprint density at radius 1 is 1.31 bits per heavy atom. The van der Waals surface area contributed by atoms with Crippen LogP contribution in [0.5, 0.6) is 0 Å². The maximum Gasteiger partial charge on any atom is 0.329 e. The molecular weight excluding hydrogens is 355 g/mol. The number of hydrogen-bond donors (Lipinski definition) is 1. The normalized spacial score (nSPS) is 11.9. The van der Waals surface area contributed by atoms with Gasteiger partial charge in [0.05, 0.1) is 5.39 Å². The summed E-state index contributed by atoms with van der Waals surface area (Å²) in [5.41, 5.74) is -0.430. The van der Waals surface area contributed by atoms with Crippen LogP contribution in [0, 0.1) is 12.7 Å². The standard InChI is InChI=1S/C19H19FN2O3S/c1-5-13-21-16-15(17(23)22(13)19(3,4)18(24)25)14(10(2)26-16)11-6-8-12(20)9-7-11/h6-9H,5H2,1-4H3,(H,24,25). The van der Waals surface area contributed by atoms with Gasteiger partial charge in [0.25, 0.3) is 5.56 Å². The maximum absolute atomic E-state index is 13.3. The first-order valence-corrected chi connectivity index (χ1v) is 9.05. The number of thiophene rings is 1. The zero-order chi connectivity index (χ0) is 19.2. The molecule has 1 N–H and O–H groups in total. The van der Waals surface area contributed by atoms with Gasteiger partial charge in [0.15, 0.2) is 0 Å². The van der Waals surface area contributed by atoms with Crippen LogP contribution in [0.25, 0.3) is 21.3 Å². The fourth-order valence-electron chi connectivity index (χ4n) is 3.08. The first-order valence-electron chi connectivity index (χ1n) is 8.23. The van der Waals surface area contributed by atoms with Crippen molar-refractivity contribution in [2.45, 2.75) is 39.7 Å². The molecule has 0 radical (unpaired) electrons. The van der Waals surface area contributed by atoms with Crippen molar-refractivity contribution in [2.75, 3.05) is 0 Å². The lowest BCUT2D eigenvalue weighted by molar-refractivity contribution is -0.146. The zero-order valence-electron chi connectivity index (χ0n) is 15.0. The van der Waals surface area contributed by atoms with E-state index in [2.05, 4.69) is 4.98 Å². The number of carboxylic acids is 1. The van der Waals surface area contributed by atoms with E-state index in [4.69, 9.17) is 0 Å². The minimum absolute atomic E-state index is 0.359. The highest BCUT2D eigenvalue weighted by atomic mass is 32.1.